The SMILES string of the molecule is C=C(\C=C(/N=C(N)/C(=C/C=C/NC(N)=O)CC)C1(S(=O)(=O)C2CCOCC2)CC1)N[C@@H](C)CO. The molecule has 0 aromatic rings. The van der Waals surface area contributed by atoms with Gasteiger partial charge in [0.25, 0.3) is 0 Å². The van der Waals surface area contributed by atoms with Crippen LogP contribution in [0.25, 0.3) is 0 Å². The summed E-state index contributed by atoms with van der Waals surface area (Å²) in [5.41, 5.74) is 12.8. The van der Waals surface area contributed by atoms with Gasteiger partial charge in [-0.15, -0.1) is 0 Å². The predicted octanol–water partition coefficient (Wildman–Crippen LogP) is 1.36. The number of hydrogen-bond acceptors (Lipinski definition) is 7. The molecule has 1 aliphatic carbocycles. The molecule has 0 aromatic heterocycles. The number of ether oxygens (including phenoxy) is 1. The fourth-order valence-corrected chi connectivity index (χ4v) is 6.34. The number of rotatable bonds is 12. The summed E-state index contributed by atoms with van der Waals surface area (Å²) in [6.07, 6.45) is 8.58. The Morgan fingerprint density at radius 3 is 2.50 bits per heavy atom. The number of amides is 2. The van der Waals surface area contributed by atoms with Gasteiger partial charge in [-0.05, 0) is 56.8 Å². The monoisotopic (exact) mass is 495 g/mol. The number of carbonyl (C=O) groups is 1. The number of aliphatic imine (C=N–C) groups is 1. The molecule has 0 radical (unpaired) electrons. The van der Waals surface area contributed by atoms with Gasteiger partial charge in [0.2, 0.25) is 0 Å². The van der Waals surface area contributed by atoms with Gasteiger partial charge in [-0.25, -0.2) is 18.2 Å². The van der Waals surface area contributed by atoms with Crippen LogP contribution in [0.5, 0.6) is 0 Å². The van der Waals surface area contributed by atoms with E-state index in [2.05, 4.69) is 22.2 Å². The lowest BCUT2D eigenvalue weighted by Gasteiger charge is -2.28. The van der Waals surface area contributed by atoms with Crippen LogP contribution in [-0.4, -0.2) is 61.3 Å². The van der Waals surface area contributed by atoms with E-state index in [4.69, 9.17) is 16.2 Å². The van der Waals surface area contributed by atoms with Crippen molar-refractivity contribution in [1.29, 1.82) is 0 Å². The highest BCUT2D eigenvalue weighted by Crippen LogP contribution is 2.53. The lowest BCUT2D eigenvalue weighted by atomic mass is 10.1. The van der Waals surface area contributed by atoms with E-state index in [9.17, 15) is 18.3 Å². The molecule has 0 bridgehead atoms. The number of primary amides is 1. The lowest BCUT2D eigenvalue weighted by molar-refractivity contribution is 0.0982. The molecule has 2 rings (SSSR count). The highest BCUT2D eigenvalue weighted by atomic mass is 32.2. The largest absolute Gasteiger partial charge is 0.394 e. The van der Waals surface area contributed by atoms with Gasteiger partial charge in [0.05, 0.1) is 17.6 Å². The van der Waals surface area contributed by atoms with Gasteiger partial charge in [0, 0.05) is 31.2 Å². The van der Waals surface area contributed by atoms with E-state index in [1.54, 1.807) is 25.2 Å². The number of amidine groups is 1. The van der Waals surface area contributed by atoms with Crippen LogP contribution in [0.3, 0.4) is 0 Å². The fraction of sp³-hybridized carbons (Fsp3) is 0.565. The number of nitrogens with two attached hydrogens (primary N) is 2. The van der Waals surface area contributed by atoms with Crippen molar-refractivity contribution in [2.24, 2.45) is 16.5 Å². The molecule has 2 amide bonds. The van der Waals surface area contributed by atoms with Crippen molar-refractivity contribution >= 4 is 21.7 Å². The summed E-state index contributed by atoms with van der Waals surface area (Å²) in [5.74, 6) is 0.175. The molecule has 11 heteroatoms. The van der Waals surface area contributed by atoms with E-state index in [1.807, 2.05) is 6.92 Å². The molecule has 0 spiro atoms. The van der Waals surface area contributed by atoms with Gasteiger partial charge in [0.1, 0.15) is 10.6 Å². The summed E-state index contributed by atoms with van der Waals surface area (Å²) in [6.45, 7) is 8.37. The first kappa shape index (κ1) is 27.6. The Morgan fingerprint density at radius 1 is 1.32 bits per heavy atom. The van der Waals surface area contributed by atoms with Crippen LogP contribution in [-0.2, 0) is 14.6 Å². The summed E-state index contributed by atoms with van der Waals surface area (Å²) in [6, 6.07) is -0.950. The quantitative estimate of drug-likeness (QED) is 0.155. The maximum absolute atomic E-state index is 13.7. The maximum Gasteiger partial charge on any atom is 0.316 e. The highest BCUT2D eigenvalue weighted by molar-refractivity contribution is 7.94. The Morgan fingerprint density at radius 2 is 1.97 bits per heavy atom. The zero-order chi connectivity index (χ0) is 25.4. The molecule has 1 saturated heterocycles. The molecular formula is C23H37N5O5S. The first-order chi connectivity index (χ1) is 16.1. The topological polar surface area (TPSA) is 169 Å². The number of urea groups is 1. The summed E-state index contributed by atoms with van der Waals surface area (Å²) in [4.78, 5) is 15.4. The van der Waals surface area contributed by atoms with Crippen LogP contribution in [0.2, 0.25) is 0 Å². The minimum Gasteiger partial charge on any atom is -0.394 e. The number of hydrogen-bond donors (Lipinski definition) is 5. The molecule has 1 aliphatic heterocycles. The Bertz CT molecular complexity index is 974. The Labute approximate surface area is 201 Å². The molecular weight excluding hydrogens is 458 g/mol. The number of nitrogens with one attached hydrogen (secondary N) is 2. The van der Waals surface area contributed by atoms with Gasteiger partial charge in [-0.3, -0.25) is 0 Å². The van der Waals surface area contributed by atoms with Gasteiger partial charge < -0.3 is 31.9 Å². The van der Waals surface area contributed by atoms with Gasteiger partial charge >= 0.3 is 6.03 Å². The van der Waals surface area contributed by atoms with Gasteiger partial charge in [0.15, 0.2) is 9.84 Å². The van der Waals surface area contributed by atoms with E-state index in [0.29, 0.717) is 62.3 Å². The molecule has 2 aliphatic rings. The molecule has 34 heavy (non-hydrogen) atoms. The van der Waals surface area contributed by atoms with E-state index in [1.165, 1.54) is 6.20 Å². The third-order valence-corrected chi connectivity index (χ3v) is 8.97. The van der Waals surface area contributed by atoms with Crippen LogP contribution in [0.15, 0.2) is 53.0 Å². The molecule has 0 unspecified atom stereocenters. The van der Waals surface area contributed by atoms with E-state index in [0.717, 1.165) is 0 Å². The highest BCUT2D eigenvalue weighted by Gasteiger charge is 2.60. The molecule has 2 fully saturated rings. The minimum atomic E-state index is -3.56. The van der Waals surface area contributed by atoms with Gasteiger partial charge in [-0.2, -0.15) is 0 Å². The van der Waals surface area contributed by atoms with Crippen molar-refractivity contribution in [1.82, 2.24) is 10.6 Å². The fourth-order valence-electron chi connectivity index (χ4n) is 3.82. The number of sulfone groups is 1. The minimum absolute atomic E-state index is 0.104. The average Bonchev–Trinajstić information content (AvgIpc) is 3.61. The van der Waals surface area contributed by atoms with Crippen LogP contribution >= 0.6 is 0 Å². The molecule has 1 saturated carbocycles. The lowest BCUT2D eigenvalue weighted by Crippen LogP contribution is -2.39. The molecule has 7 N–H and O–H groups in total. The Balaban J connectivity index is 2.45. The second-order valence-electron chi connectivity index (χ2n) is 8.54. The van der Waals surface area contributed by atoms with E-state index >= 15 is 0 Å². The van der Waals surface area contributed by atoms with Crippen LogP contribution in [0.4, 0.5) is 4.79 Å². The smallest absolute Gasteiger partial charge is 0.316 e. The number of aliphatic hydroxyl groups is 1. The first-order valence-corrected chi connectivity index (χ1v) is 13.0. The predicted molar refractivity (Wildman–Crippen MR) is 133 cm³/mol. The van der Waals surface area contributed by atoms with Crippen molar-refractivity contribution in [3.05, 3.63) is 48.0 Å². The number of carbonyl (C=O) groups excluding carboxylic acids is 1. The number of aliphatic hydroxyl groups excluding tert-OH is 1. The number of allylic oxidation sites excluding steroid dienone is 3. The van der Waals surface area contributed by atoms with E-state index < -0.39 is 25.9 Å². The van der Waals surface area contributed by atoms with E-state index in [-0.39, 0.29) is 18.5 Å². The van der Waals surface area contributed by atoms with Crippen molar-refractivity contribution < 1.29 is 23.1 Å². The zero-order valence-electron chi connectivity index (χ0n) is 19.9. The normalized spacial score (nSPS) is 20.7. The molecule has 190 valence electrons. The Kier molecular flexibility index (Phi) is 9.90. The average molecular weight is 496 g/mol. The van der Waals surface area contributed by atoms with Crippen molar-refractivity contribution in [2.75, 3.05) is 19.8 Å². The molecule has 10 nitrogen and oxygen atoms in total. The van der Waals surface area contributed by atoms with Crippen molar-refractivity contribution in [3.63, 3.8) is 0 Å². The second-order valence-corrected chi connectivity index (χ2v) is 11.1. The van der Waals surface area contributed by atoms with Gasteiger partial charge in [-0.1, -0.05) is 19.6 Å². The van der Waals surface area contributed by atoms with Crippen LogP contribution < -0.4 is 22.1 Å². The molecule has 0 aromatic carbocycles. The molecule has 1 atom stereocenters. The Hall–Kier alpha value is -2.63. The standard InChI is InChI=1S/C23H37N5O5S/c1-4-18(6-5-11-26-22(25)30)21(24)28-20(14-16(2)27-17(3)15-29)23(9-10-23)34(31,32)19-7-12-33-13-8-19/h5-6,11,14,17,19,27,29H,2,4,7-10,12-13,15H2,1,3H3,(H2,24,28)(H3,25,26,30)/b11-5+,18-6+,20-14-/t17-/m0/s1. The zero-order valence-corrected chi connectivity index (χ0v) is 20.7. The van der Waals surface area contributed by atoms with Crippen LogP contribution in [0, 0.1) is 0 Å². The third kappa shape index (κ3) is 6.94. The summed E-state index contributed by atoms with van der Waals surface area (Å²) in [7, 11) is -3.56. The molecule has 1 heterocycles. The third-order valence-electron chi connectivity index (χ3n) is 5.91. The maximum atomic E-state index is 13.7. The van der Waals surface area contributed by atoms with Crippen LogP contribution in [0.1, 0.15) is 46.0 Å². The summed E-state index contributed by atoms with van der Waals surface area (Å²) >= 11 is 0. The second kappa shape index (κ2) is 12.2. The first-order valence-electron chi connectivity index (χ1n) is 11.4. The summed E-state index contributed by atoms with van der Waals surface area (Å²) in [5, 5.41) is 14.2. The number of nitrogens with zero attached hydrogens (tertiary/aromatic N) is 1. The van der Waals surface area contributed by atoms with Crippen molar-refractivity contribution in [2.45, 2.75) is 62.0 Å². The summed E-state index contributed by atoms with van der Waals surface area (Å²) < 4.78 is 31.6. The van der Waals surface area contributed by atoms with Crippen molar-refractivity contribution in [3.8, 4) is 0 Å².